The molecule has 0 spiro atoms. The average Bonchev–Trinajstić information content (AvgIpc) is 2.64. The van der Waals surface area contributed by atoms with Crippen molar-refractivity contribution in [2.75, 3.05) is 26.0 Å². The van der Waals surface area contributed by atoms with Gasteiger partial charge < -0.3 is 5.32 Å². The van der Waals surface area contributed by atoms with Crippen molar-refractivity contribution in [3.05, 3.63) is 23.9 Å². The molecule has 2 heterocycles. The quantitative estimate of drug-likeness (QED) is 0.773. The highest BCUT2D eigenvalue weighted by atomic mass is 15.2. The van der Waals surface area contributed by atoms with Gasteiger partial charge in [0.1, 0.15) is 5.82 Å². The van der Waals surface area contributed by atoms with Crippen molar-refractivity contribution in [3.63, 3.8) is 0 Å². The van der Waals surface area contributed by atoms with Crippen molar-refractivity contribution >= 4 is 5.82 Å². The number of nitrogens with one attached hydrogen (secondary N) is 1. The van der Waals surface area contributed by atoms with Crippen molar-refractivity contribution < 1.29 is 0 Å². The first kappa shape index (κ1) is 9.46. The minimum atomic E-state index is 0.547. The summed E-state index contributed by atoms with van der Waals surface area (Å²) in [6.07, 6.45) is 4.38. The Bertz CT molecular complexity index is 311. The van der Waals surface area contributed by atoms with Gasteiger partial charge in [-0.15, -0.1) is 0 Å². The van der Waals surface area contributed by atoms with Crippen molar-refractivity contribution in [2.45, 2.75) is 18.9 Å². The summed E-state index contributed by atoms with van der Waals surface area (Å²) in [4.78, 5) is 6.74. The number of aromatic nitrogens is 1. The van der Waals surface area contributed by atoms with Crippen LogP contribution in [-0.4, -0.2) is 30.5 Å². The van der Waals surface area contributed by atoms with Crippen LogP contribution in [0.1, 0.15) is 24.4 Å². The number of hydrogen-bond donors (Lipinski definition) is 1. The molecule has 1 saturated heterocycles. The van der Waals surface area contributed by atoms with Crippen LogP contribution in [-0.2, 0) is 0 Å². The summed E-state index contributed by atoms with van der Waals surface area (Å²) in [5, 5.41) is 3.16. The third kappa shape index (κ3) is 1.60. The fourth-order valence-electron chi connectivity index (χ4n) is 2.20. The summed E-state index contributed by atoms with van der Waals surface area (Å²) in [6.45, 7) is 1.20. The van der Waals surface area contributed by atoms with Crippen LogP contribution in [0.4, 0.5) is 5.82 Å². The summed E-state index contributed by atoms with van der Waals surface area (Å²) in [5.74, 6) is 1.02. The van der Waals surface area contributed by atoms with Crippen LogP contribution in [0, 0.1) is 0 Å². The van der Waals surface area contributed by atoms with Gasteiger partial charge in [-0.05, 0) is 32.5 Å². The Kier molecular flexibility index (Phi) is 2.68. The number of rotatable bonds is 2. The molecule has 1 fully saturated rings. The van der Waals surface area contributed by atoms with Crippen molar-refractivity contribution in [1.82, 2.24) is 9.88 Å². The minimum absolute atomic E-state index is 0.547. The third-order valence-electron chi connectivity index (χ3n) is 2.96. The molecule has 1 aliphatic heterocycles. The first-order valence-electron chi connectivity index (χ1n) is 5.16. The molecule has 3 nitrogen and oxygen atoms in total. The van der Waals surface area contributed by atoms with Gasteiger partial charge in [0.25, 0.3) is 0 Å². The highest BCUT2D eigenvalue weighted by molar-refractivity contribution is 5.45. The van der Waals surface area contributed by atoms with E-state index in [4.69, 9.17) is 0 Å². The molecule has 0 amide bonds. The molecule has 1 aliphatic rings. The van der Waals surface area contributed by atoms with E-state index in [1.807, 2.05) is 19.3 Å². The number of hydrogen-bond acceptors (Lipinski definition) is 3. The second-order valence-corrected chi connectivity index (χ2v) is 3.83. The van der Waals surface area contributed by atoms with E-state index in [2.05, 4.69) is 28.3 Å². The van der Waals surface area contributed by atoms with Crippen LogP contribution in [0.2, 0.25) is 0 Å². The maximum Gasteiger partial charge on any atom is 0.130 e. The highest BCUT2D eigenvalue weighted by Crippen LogP contribution is 2.33. The maximum atomic E-state index is 4.34. The average molecular weight is 191 g/mol. The molecule has 0 radical (unpaired) electrons. The lowest BCUT2D eigenvalue weighted by molar-refractivity contribution is 0.317. The Labute approximate surface area is 85.1 Å². The molecule has 0 unspecified atom stereocenters. The van der Waals surface area contributed by atoms with Crippen LogP contribution in [0.15, 0.2) is 18.3 Å². The minimum Gasteiger partial charge on any atom is -0.373 e. The zero-order valence-electron chi connectivity index (χ0n) is 8.83. The maximum absolute atomic E-state index is 4.34. The fraction of sp³-hybridized carbons (Fsp3) is 0.545. The van der Waals surface area contributed by atoms with E-state index in [0.717, 1.165) is 5.82 Å². The van der Waals surface area contributed by atoms with E-state index in [1.54, 1.807) is 0 Å². The summed E-state index contributed by atoms with van der Waals surface area (Å²) in [5.41, 5.74) is 1.33. The van der Waals surface area contributed by atoms with Gasteiger partial charge in [-0.1, -0.05) is 6.07 Å². The zero-order chi connectivity index (χ0) is 9.97. The molecule has 0 saturated carbocycles. The monoisotopic (exact) mass is 191 g/mol. The second kappa shape index (κ2) is 3.96. The largest absolute Gasteiger partial charge is 0.373 e. The van der Waals surface area contributed by atoms with Gasteiger partial charge in [0.2, 0.25) is 0 Å². The zero-order valence-corrected chi connectivity index (χ0v) is 8.83. The Morgan fingerprint density at radius 3 is 3.07 bits per heavy atom. The van der Waals surface area contributed by atoms with Gasteiger partial charge in [0, 0.05) is 24.8 Å². The molecule has 0 aliphatic carbocycles. The smallest absolute Gasteiger partial charge is 0.130 e. The lowest BCUT2D eigenvalue weighted by Crippen LogP contribution is -2.18. The van der Waals surface area contributed by atoms with E-state index in [9.17, 15) is 0 Å². The predicted molar refractivity (Wildman–Crippen MR) is 58.4 cm³/mol. The van der Waals surface area contributed by atoms with Gasteiger partial charge in [-0.2, -0.15) is 0 Å². The number of nitrogens with zero attached hydrogens (tertiary/aromatic N) is 2. The van der Waals surface area contributed by atoms with E-state index >= 15 is 0 Å². The van der Waals surface area contributed by atoms with Crippen molar-refractivity contribution in [2.24, 2.45) is 0 Å². The second-order valence-electron chi connectivity index (χ2n) is 3.83. The molecule has 3 heteroatoms. The summed E-state index contributed by atoms with van der Waals surface area (Å²) < 4.78 is 0. The molecule has 76 valence electrons. The predicted octanol–water partition coefficient (Wildman–Crippen LogP) is 1.89. The van der Waals surface area contributed by atoms with Crippen LogP contribution in [0.5, 0.6) is 0 Å². The molecule has 1 atom stereocenters. The molecular formula is C11H17N3. The van der Waals surface area contributed by atoms with E-state index < -0.39 is 0 Å². The Morgan fingerprint density at radius 1 is 1.57 bits per heavy atom. The first-order chi connectivity index (χ1) is 6.83. The van der Waals surface area contributed by atoms with Crippen LogP contribution in [0.25, 0.3) is 0 Å². The summed E-state index contributed by atoms with van der Waals surface area (Å²) >= 11 is 0. The molecule has 0 aromatic carbocycles. The topological polar surface area (TPSA) is 28.2 Å². The van der Waals surface area contributed by atoms with E-state index in [-0.39, 0.29) is 0 Å². The fourth-order valence-corrected chi connectivity index (χ4v) is 2.20. The number of pyridine rings is 1. The third-order valence-corrected chi connectivity index (χ3v) is 2.96. The number of likely N-dealkylation sites (tertiary alicyclic amines) is 1. The summed E-state index contributed by atoms with van der Waals surface area (Å²) in [6, 6.07) is 4.74. The van der Waals surface area contributed by atoms with Gasteiger partial charge in [-0.25, -0.2) is 4.98 Å². The van der Waals surface area contributed by atoms with Gasteiger partial charge in [0.15, 0.2) is 0 Å². The molecule has 1 N–H and O–H groups in total. The normalized spacial score (nSPS) is 22.6. The SMILES string of the molecule is CNc1ncccc1[C@@H]1CCCN1C. The Balaban J connectivity index is 2.30. The highest BCUT2D eigenvalue weighted by Gasteiger charge is 2.24. The standard InChI is InChI=1S/C11H17N3/c1-12-11-9(5-3-7-13-11)10-6-4-8-14(10)2/h3,5,7,10H,4,6,8H2,1-2H3,(H,12,13)/t10-/m0/s1. The van der Waals surface area contributed by atoms with Gasteiger partial charge >= 0.3 is 0 Å². The first-order valence-corrected chi connectivity index (χ1v) is 5.16. The van der Waals surface area contributed by atoms with Gasteiger partial charge in [0.05, 0.1) is 0 Å². The molecule has 14 heavy (non-hydrogen) atoms. The lowest BCUT2D eigenvalue weighted by Gasteiger charge is -2.21. The molecule has 1 aromatic heterocycles. The Hall–Kier alpha value is -1.09. The van der Waals surface area contributed by atoms with Crippen molar-refractivity contribution in [1.29, 1.82) is 0 Å². The molecule has 1 aromatic rings. The Morgan fingerprint density at radius 2 is 2.43 bits per heavy atom. The van der Waals surface area contributed by atoms with Gasteiger partial charge in [-0.3, -0.25) is 4.90 Å². The van der Waals surface area contributed by atoms with Crippen LogP contribution >= 0.6 is 0 Å². The molecular weight excluding hydrogens is 174 g/mol. The van der Waals surface area contributed by atoms with Crippen LogP contribution in [0.3, 0.4) is 0 Å². The molecule has 2 rings (SSSR count). The van der Waals surface area contributed by atoms with Crippen molar-refractivity contribution in [3.8, 4) is 0 Å². The van der Waals surface area contributed by atoms with E-state index in [0.29, 0.717) is 6.04 Å². The molecule has 0 bridgehead atoms. The number of anilines is 1. The lowest BCUT2D eigenvalue weighted by atomic mass is 10.1. The summed E-state index contributed by atoms with van der Waals surface area (Å²) in [7, 11) is 4.12. The van der Waals surface area contributed by atoms with Crippen LogP contribution < -0.4 is 5.32 Å². The van der Waals surface area contributed by atoms with E-state index in [1.165, 1.54) is 24.9 Å².